The molecule has 206 valence electrons. The molecule has 2 heterocycles. The quantitative estimate of drug-likeness (QED) is 0.227. The Balaban J connectivity index is 1.11. The van der Waals surface area contributed by atoms with Crippen LogP contribution in [0.2, 0.25) is 0 Å². The number of fused-ring (bicyclic) bond motifs is 6. The zero-order chi connectivity index (χ0) is 29.0. The Hall–Kier alpha value is -5.86. The molecule has 0 aliphatic heterocycles. The lowest BCUT2D eigenvalue weighted by Crippen LogP contribution is -1.85. The number of rotatable bonds is 4. The molecule has 2 nitrogen and oxygen atoms in total. The van der Waals surface area contributed by atoms with Gasteiger partial charge in [0.05, 0.1) is 5.52 Å². The van der Waals surface area contributed by atoms with Crippen LogP contribution in [0.4, 0.5) is 0 Å². The van der Waals surface area contributed by atoms with Crippen molar-refractivity contribution in [3.05, 3.63) is 158 Å². The fraction of sp³-hybridized carbons (Fsp3) is 0. The number of hydrogen-bond acceptors (Lipinski definition) is 1. The van der Waals surface area contributed by atoms with Crippen molar-refractivity contribution >= 4 is 43.7 Å². The molecule has 0 amide bonds. The van der Waals surface area contributed by atoms with E-state index in [1.54, 1.807) is 0 Å². The summed E-state index contributed by atoms with van der Waals surface area (Å²) in [6.45, 7) is 0. The van der Waals surface area contributed by atoms with E-state index in [-0.39, 0.29) is 0 Å². The predicted molar refractivity (Wildman–Crippen MR) is 185 cm³/mol. The molecule has 44 heavy (non-hydrogen) atoms. The molecule has 0 radical (unpaired) electrons. The second-order valence-electron chi connectivity index (χ2n) is 11.5. The van der Waals surface area contributed by atoms with Crippen LogP contribution in [0.5, 0.6) is 0 Å². The molecular weight excluding hydrogens is 534 g/mol. The first-order valence-corrected chi connectivity index (χ1v) is 15.0. The number of aromatic nitrogens is 1. The summed E-state index contributed by atoms with van der Waals surface area (Å²) in [5.41, 5.74) is 13.8. The number of furan rings is 1. The Morgan fingerprint density at radius 1 is 0.341 bits per heavy atom. The van der Waals surface area contributed by atoms with Crippen molar-refractivity contribution in [2.24, 2.45) is 0 Å². The van der Waals surface area contributed by atoms with Gasteiger partial charge in [0.15, 0.2) is 0 Å². The highest BCUT2D eigenvalue weighted by molar-refractivity contribution is 6.13. The third-order valence-corrected chi connectivity index (χ3v) is 8.82. The van der Waals surface area contributed by atoms with Crippen LogP contribution < -0.4 is 0 Å². The molecule has 0 atom stereocenters. The van der Waals surface area contributed by atoms with Crippen LogP contribution in [0.25, 0.3) is 88.3 Å². The summed E-state index contributed by atoms with van der Waals surface area (Å²) in [4.78, 5) is 3.73. The number of para-hydroxylation sites is 2. The highest BCUT2D eigenvalue weighted by Gasteiger charge is 2.13. The van der Waals surface area contributed by atoms with Crippen LogP contribution in [-0.2, 0) is 0 Å². The lowest BCUT2D eigenvalue weighted by Gasteiger charge is -2.09. The van der Waals surface area contributed by atoms with E-state index >= 15 is 0 Å². The summed E-state index contributed by atoms with van der Waals surface area (Å²) in [7, 11) is 0. The Morgan fingerprint density at radius 3 is 1.75 bits per heavy atom. The summed E-state index contributed by atoms with van der Waals surface area (Å²) in [6.07, 6.45) is 0. The Kier molecular flexibility index (Phi) is 5.54. The maximum Gasteiger partial charge on any atom is 0.135 e. The lowest BCUT2D eigenvalue weighted by molar-refractivity contribution is 0.669. The van der Waals surface area contributed by atoms with Crippen LogP contribution in [-0.4, -0.2) is 4.98 Å². The second kappa shape index (κ2) is 9.86. The molecule has 0 aliphatic rings. The van der Waals surface area contributed by atoms with Crippen molar-refractivity contribution in [2.75, 3.05) is 0 Å². The normalized spacial score (nSPS) is 11.6. The van der Waals surface area contributed by atoms with E-state index in [9.17, 15) is 0 Å². The third-order valence-electron chi connectivity index (χ3n) is 8.82. The molecule has 7 aromatic carbocycles. The van der Waals surface area contributed by atoms with Crippen LogP contribution in [0, 0.1) is 0 Å². The van der Waals surface area contributed by atoms with Crippen molar-refractivity contribution in [1.82, 2.24) is 4.98 Å². The lowest BCUT2D eigenvalue weighted by atomic mass is 9.95. The smallest absolute Gasteiger partial charge is 0.135 e. The van der Waals surface area contributed by atoms with Crippen LogP contribution in [0.1, 0.15) is 0 Å². The van der Waals surface area contributed by atoms with Crippen molar-refractivity contribution in [3.8, 4) is 44.5 Å². The van der Waals surface area contributed by atoms with E-state index in [0.717, 1.165) is 27.5 Å². The molecule has 0 aliphatic carbocycles. The van der Waals surface area contributed by atoms with E-state index in [4.69, 9.17) is 4.42 Å². The highest BCUT2D eigenvalue weighted by Crippen LogP contribution is 2.38. The number of H-pyrrole nitrogens is 1. The molecule has 0 spiro atoms. The number of aromatic amines is 1. The van der Waals surface area contributed by atoms with Crippen molar-refractivity contribution < 1.29 is 4.42 Å². The van der Waals surface area contributed by atoms with E-state index in [0.29, 0.717) is 0 Å². The summed E-state index contributed by atoms with van der Waals surface area (Å²) in [5, 5.41) is 4.78. The van der Waals surface area contributed by atoms with Gasteiger partial charge in [-0.25, -0.2) is 0 Å². The molecule has 0 bridgehead atoms. The zero-order valence-electron chi connectivity index (χ0n) is 23.9. The summed E-state index contributed by atoms with van der Waals surface area (Å²) in [5.74, 6) is 0. The molecule has 0 fully saturated rings. The highest BCUT2D eigenvalue weighted by atomic mass is 16.3. The molecule has 2 heteroatoms. The van der Waals surface area contributed by atoms with Crippen molar-refractivity contribution in [2.45, 2.75) is 0 Å². The van der Waals surface area contributed by atoms with Crippen LogP contribution >= 0.6 is 0 Å². The number of benzene rings is 7. The van der Waals surface area contributed by atoms with Gasteiger partial charge in [-0.15, -0.1) is 0 Å². The first-order chi connectivity index (χ1) is 21.8. The molecule has 9 aromatic rings. The first-order valence-electron chi connectivity index (χ1n) is 15.0. The van der Waals surface area contributed by atoms with Crippen molar-refractivity contribution in [1.29, 1.82) is 0 Å². The van der Waals surface area contributed by atoms with E-state index < -0.39 is 0 Å². The standard InChI is InChI=1S/C42H27NO/c1-2-9-27(10-3-1)31-19-21-39-37(25-31)36-17-8-16-34(42(36)43-39)33-14-7-13-30(24-33)28-11-6-12-29(23-28)32-20-22-41-38(26-32)35-15-4-5-18-40(35)44-41/h1-26,43H. The Labute approximate surface area is 254 Å². The van der Waals surface area contributed by atoms with E-state index in [2.05, 4.69) is 151 Å². The van der Waals surface area contributed by atoms with Gasteiger partial charge in [-0.05, 0) is 81.4 Å². The Bertz CT molecular complexity index is 2500. The third kappa shape index (κ3) is 4.04. The minimum atomic E-state index is 0.918. The van der Waals surface area contributed by atoms with E-state index in [1.807, 2.05) is 12.1 Å². The molecule has 9 rings (SSSR count). The molecule has 2 aromatic heterocycles. The van der Waals surface area contributed by atoms with Gasteiger partial charge >= 0.3 is 0 Å². The summed E-state index contributed by atoms with van der Waals surface area (Å²) >= 11 is 0. The predicted octanol–water partition coefficient (Wildman–Crippen LogP) is 11.9. The van der Waals surface area contributed by atoms with Gasteiger partial charge in [0, 0.05) is 32.6 Å². The van der Waals surface area contributed by atoms with Crippen LogP contribution in [0.3, 0.4) is 0 Å². The topological polar surface area (TPSA) is 28.9 Å². The molecule has 0 saturated carbocycles. The van der Waals surface area contributed by atoms with Gasteiger partial charge in [-0.2, -0.15) is 0 Å². The maximum absolute atomic E-state index is 6.06. The molecule has 1 N–H and O–H groups in total. The summed E-state index contributed by atoms with van der Waals surface area (Å²) < 4.78 is 6.06. The van der Waals surface area contributed by atoms with Gasteiger partial charge in [0.2, 0.25) is 0 Å². The van der Waals surface area contributed by atoms with Gasteiger partial charge in [-0.1, -0.05) is 115 Å². The zero-order valence-corrected chi connectivity index (χ0v) is 23.9. The first kappa shape index (κ1) is 24.7. The largest absolute Gasteiger partial charge is 0.456 e. The van der Waals surface area contributed by atoms with E-state index in [1.165, 1.54) is 60.8 Å². The SMILES string of the molecule is c1ccc(-c2ccc3[nH]c4c(-c5cccc(-c6cccc(-c7ccc8oc9ccccc9c8c7)c6)c5)cccc4c3c2)cc1. The number of nitrogens with one attached hydrogen (secondary N) is 1. The second-order valence-corrected chi connectivity index (χ2v) is 11.5. The van der Waals surface area contributed by atoms with Crippen molar-refractivity contribution in [3.63, 3.8) is 0 Å². The molecule has 0 unspecified atom stereocenters. The summed E-state index contributed by atoms with van der Waals surface area (Å²) in [6, 6.07) is 56.3. The monoisotopic (exact) mass is 561 g/mol. The van der Waals surface area contributed by atoms with Crippen LogP contribution in [0.15, 0.2) is 162 Å². The minimum Gasteiger partial charge on any atom is -0.456 e. The van der Waals surface area contributed by atoms with Gasteiger partial charge in [0.25, 0.3) is 0 Å². The van der Waals surface area contributed by atoms with Gasteiger partial charge in [-0.3, -0.25) is 0 Å². The fourth-order valence-electron chi connectivity index (χ4n) is 6.62. The fourth-order valence-corrected chi connectivity index (χ4v) is 6.62. The maximum atomic E-state index is 6.06. The van der Waals surface area contributed by atoms with Gasteiger partial charge in [0.1, 0.15) is 11.2 Å². The average molecular weight is 562 g/mol. The van der Waals surface area contributed by atoms with Gasteiger partial charge < -0.3 is 9.40 Å². The molecular formula is C42H27NO. The number of hydrogen-bond donors (Lipinski definition) is 1. The Morgan fingerprint density at radius 2 is 0.909 bits per heavy atom. The minimum absolute atomic E-state index is 0.918. The molecule has 0 saturated heterocycles. The average Bonchev–Trinajstić information content (AvgIpc) is 3.66.